The molecule has 0 spiro atoms. The van der Waals surface area contributed by atoms with Crippen LogP contribution in [0.5, 0.6) is 5.75 Å². The number of carbonyl (C=O) groups is 2. The zero-order valence-electron chi connectivity index (χ0n) is 18.3. The maximum atomic E-state index is 13.4. The maximum Gasteiger partial charge on any atom is 0.261 e. The number of rotatable bonds is 10. The number of carbonyl (C=O) groups excluding carboxylic acids is 2. The third-order valence-corrected chi connectivity index (χ3v) is 6.18. The van der Waals surface area contributed by atoms with Crippen molar-refractivity contribution in [2.75, 3.05) is 13.2 Å². The van der Waals surface area contributed by atoms with Crippen molar-refractivity contribution >= 4 is 46.0 Å². The van der Waals surface area contributed by atoms with Crippen molar-refractivity contribution in [3.05, 3.63) is 98.6 Å². The minimum absolute atomic E-state index is 0.185. The summed E-state index contributed by atoms with van der Waals surface area (Å²) in [5.74, 6) is 0.0933. The highest BCUT2D eigenvalue weighted by atomic mass is 127. The number of hydrogen-bond donors (Lipinski definition) is 1. The van der Waals surface area contributed by atoms with E-state index in [9.17, 15) is 9.59 Å². The molecule has 5 nitrogen and oxygen atoms in total. The van der Waals surface area contributed by atoms with Gasteiger partial charge in [-0.05, 0) is 71.0 Å². The predicted octanol–water partition coefficient (Wildman–Crippen LogP) is 5.10. The van der Waals surface area contributed by atoms with Gasteiger partial charge < -0.3 is 15.0 Å². The smallest absolute Gasteiger partial charge is 0.261 e. The molecule has 0 heterocycles. The minimum Gasteiger partial charge on any atom is -0.484 e. The number of hydrogen-bond acceptors (Lipinski definition) is 3. The Morgan fingerprint density at radius 2 is 1.67 bits per heavy atom. The number of nitrogens with zero attached hydrogens (tertiary/aromatic N) is 1. The third-order valence-electron chi connectivity index (χ3n) is 5.10. The number of likely N-dealkylation sites (N-methyl/N-ethyl adjacent to an activating group) is 1. The first-order chi connectivity index (χ1) is 16.0. The molecule has 1 atom stereocenters. The lowest BCUT2D eigenvalue weighted by molar-refractivity contribution is -0.142. The first-order valence-electron chi connectivity index (χ1n) is 10.7. The van der Waals surface area contributed by atoms with Crippen molar-refractivity contribution in [3.8, 4) is 5.75 Å². The van der Waals surface area contributed by atoms with E-state index in [4.69, 9.17) is 16.3 Å². The van der Waals surface area contributed by atoms with Gasteiger partial charge in [0.15, 0.2) is 6.61 Å². The Bertz CT molecular complexity index is 1060. The number of benzene rings is 3. The van der Waals surface area contributed by atoms with Crippen LogP contribution in [0.3, 0.4) is 0 Å². The molecule has 1 N–H and O–H groups in total. The van der Waals surface area contributed by atoms with E-state index in [1.54, 1.807) is 11.0 Å². The van der Waals surface area contributed by atoms with E-state index < -0.39 is 6.04 Å². The summed E-state index contributed by atoms with van der Waals surface area (Å²) in [6.45, 7) is 2.34. The van der Waals surface area contributed by atoms with Crippen molar-refractivity contribution < 1.29 is 14.3 Å². The molecule has 0 aromatic heterocycles. The van der Waals surface area contributed by atoms with Crippen molar-refractivity contribution in [3.63, 3.8) is 0 Å². The summed E-state index contributed by atoms with van der Waals surface area (Å²) < 4.78 is 6.83. The van der Waals surface area contributed by atoms with E-state index in [1.807, 2.05) is 79.7 Å². The number of nitrogens with one attached hydrogen (secondary N) is 1. The Morgan fingerprint density at radius 1 is 1.00 bits per heavy atom. The second-order valence-electron chi connectivity index (χ2n) is 7.46. The normalized spacial score (nSPS) is 11.5. The number of amides is 2. The van der Waals surface area contributed by atoms with Crippen LogP contribution in [0.4, 0.5) is 0 Å². The lowest BCUT2D eigenvalue weighted by atomic mass is 10.0. The van der Waals surface area contributed by atoms with E-state index in [0.717, 1.165) is 14.7 Å². The molecule has 33 heavy (non-hydrogen) atoms. The molecule has 0 aliphatic carbocycles. The van der Waals surface area contributed by atoms with Crippen LogP contribution in [0, 0.1) is 3.57 Å². The third kappa shape index (κ3) is 7.47. The fourth-order valence-corrected chi connectivity index (χ4v) is 3.97. The second-order valence-corrected chi connectivity index (χ2v) is 9.11. The molecule has 3 rings (SSSR count). The van der Waals surface area contributed by atoms with Crippen LogP contribution >= 0.6 is 34.2 Å². The molecule has 7 heteroatoms. The minimum atomic E-state index is -0.712. The Morgan fingerprint density at radius 3 is 2.33 bits per heavy atom. The zero-order valence-corrected chi connectivity index (χ0v) is 21.3. The lowest BCUT2D eigenvalue weighted by Gasteiger charge is -2.31. The van der Waals surface area contributed by atoms with Crippen molar-refractivity contribution in [1.82, 2.24) is 10.2 Å². The van der Waals surface area contributed by atoms with Gasteiger partial charge in [0.2, 0.25) is 5.91 Å². The van der Waals surface area contributed by atoms with E-state index in [0.29, 0.717) is 23.7 Å². The molecule has 0 bridgehead atoms. The van der Waals surface area contributed by atoms with Gasteiger partial charge in [-0.1, -0.05) is 60.1 Å². The molecule has 0 unspecified atom stereocenters. The Hall–Kier alpha value is -2.58. The van der Waals surface area contributed by atoms with Gasteiger partial charge in [0.05, 0.1) is 0 Å². The Kier molecular flexibility index (Phi) is 9.57. The van der Waals surface area contributed by atoms with Crippen LogP contribution in [-0.4, -0.2) is 35.9 Å². The molecule has 172 valence electrons. The van der Waals surface area contributed by atoms with Gasteiger partial charge >= 0.3 is 0 Å². The van der Waals surface area contributed by atoms with Gasteiger partial charge in [-0.15, -0.1) is 0 Å². The van der Waals surface area contributed by atoms with E-state index in [2.05, 4.69) is 27.9 Å². The zero-order chi connectivity index (χ0) is 23.6. The lowest BCUT2D eigenvalue weighted by Crippen LogP contribution is -2.51. The van der Waals surface area contributed by atoms with E-state index in [1.165, 1.54) is 0 Å². The quantitative estimate of drug-likeness (QED) is 0.342. The monoisotopic (exact) mass is 576 g/mol. The molecule has 0 radical (unpaired) electrons. The summed E-state index contributed by atoms with van der Waals surface area (Å²) in [5, 5.41) is 3.42. The average Bonchev–Trinajstić information content (AvgIpc) is 2.82. The van der Waals surface area contributed by atoms with Crippen LogP contribution in [-0.2, 0) is 22.6 Å². The SMILES string of the molecule is CCNC(=O)[C@H](Cc1ccccc1)N(Cc1ccccc1Cl)C(=O)COc1ccc(I)cc1. The van der Waals surface area contributed by atoms with E-state index in [-0.39, 0.29) is 25.0 Å². The number of ether oxygens (including phenoxy) is 1. The van der Waals surface area contributed by atoms with Crippen LogP contribution in [0.15, 0.2) is 78.9 Å². The van der Waals surface area contributed by atoms with Gasteiger partial charge in [-0.25, -0.2) is 0 Å². The summed E-state index contributed by atoms with van der Waals surface area (Å²) in [5.41, 5.74) is 1.73. The molecule has 0 saturated carbocycles. The fourth-order valence-electron chi connectivity index (χ4n) is 3.41. The van der Waals surface area contributed by atoms with Crippen molar-refractivity contribution in [2.45, 2.75) is 25.9 Å². The Labute approximate surface area is 213 Å². The van der Waals surface area contributed by atoms with Crippen molar-refractivity contribution in [1.29, 1.82) is 0 Å². The standard InChI is InChI=1S/C26H26ClIN2O3/c1-2-29-26(32)24(16-19-8-4-3-5-9-19)30(17-20-10-6-7-11-23(20)27)25(31)18-33-22-14-12-21(28)13-15-22/h3-15,24H,2,16-18H2,1H3,(H,29,32)/t24-/m0/s1. The summed E-state index contributed by atoms with van der Waals surface area (Å²) in [7, 11) is 0. The summed E-state index contributed by atoms with van der Waals surface area (Å²) in [6, 6.07) is 23.8. The second kappa shape index (κ2) is 12.6. The maximum absolute atomic E-state index is 13.4. The molecule has 0 fully saturated rings. The summed E-state index contributed by atoms with van der Waals surface area (Å²) >= 11 is 8.61. The molecule has 0 saturated heterocycles. The van der Waals surface area contributed by atoms with Crippen LogP contribution < -0.4 is 10.1 Å². The predicted molar refractivity (Wildman–Crippen MR) is 139 cm³/mol. The number of halogens is 2. The fraction of sp³-hybridized carbons (Fsp3) is 0.231. The largest absolute Gasteiger partial charge is 0.484 e. The molecular weight excluding hydrogens is 551 g/mol. The van der Waals surface area contributed by atoms with Crippen molar-refractivity contribution in [2.24, 2.45) is 0 Å². The highest BCUT2D eigenvalue weighted by Gasteiger charge is 2.30. The molecular formula is C26H26ClIN2O3. The van der Waals surface area contributed by atoms with Gasteiger partial charge in [0, 0.05) is 28.1 Å². The van der Waals surface area contributed by atoms with Gasteiger partial charge in [0.1, 0.15) is 11.8 Å². The molecule has 3 aromatic rings. The topological polar surface area (TPSA) is 58.6 Å². The van der Waals surface area contributed by atoms with E-state index >= 15 is 0 Å². The first-order valence-corrected chi connectivity index (χ1v) is 12.2. The van der Waals surface area contributed by atoms with Gasteiger partial charge in [0.25, 0.3) is 5.91 Å². The highest BCUT2D eigenvalue weighted by Crippen LogP contribution is 2.21. The molecule has 0 aliphatic rings. The van der Waals surface area contributed by atoms with Crippen LogP contribution in [0.1, 0.15) is 18.1 Å². The average molecular weight is 577 g/mol. The summed E-state index contributed by atoms with van der Waals surface area (Å²) in [6.07, 6.45) is 0.381. The first kappa shape index (κ1) is 25.1. The van der Waals surface area contributed by atoms with Gasteiger partial charge in [-0.3, -0.25) is 9.59 Å². The van der Waals surface area contributed by atoms with Gasteiger partial charge in [-0.2, -0.15) is 0 Å². The molecule has 0 aliphatic heterocycles. The summed E-state index contributed by atoms with van der Waals surface area (Å²) in [4.78, 5) is 28.1. The molecule has 3 aromatic carbocycles. The highest BCUT2D eigenvalue weighted by molar-refractivity contribution is 14.1. The molecule has 2 amide bonds. The van der Waals surface area contributed by atoms with Crippen LogP contribution in [0.2, 0.25) is 5.02 Å². The Balaban J connectivity index is 1.89. The van der Waals surface area contributed by atoms with Crippen LogP contribution in [0.25, 0.3) is 0 Å².